The summed E-state index contributed by atoms with van der Waals surface area (Å²) in [4.78, 5) is 16.7. The van der Waals surface area contributed by atoms with Crippen LogP contribution in [0.5, 0.6) is 5.75 Å². The number of ketones is 1. The minimum absolute atomic E-state index is 0.120. The van der Waals surface area contributed by atoms with Crippen molar-refractivity contribution in [2.45, 2.75) is 18.0 Å². The third-order valence-corrected chi connectivity index (χ3v) is 5.93. The summed E-state index contributed by atoms with van der Waals surface area (Å²) >= 11 is 2.58. The number of carbonyl (C=O) groups excluding carboxylic acids is 1. The summed E-state index contributed by atoms with van der Waals surface area (Å²) in [6.07, 6.45) is 0. The van der Waals surface area contributed by atoms with Gasteiger partial charge in [0.25, 0.3) is 0 Å². The number of ether oxygens (including phenoxy) is 1. The quantitative estimate of drug-likeness (QED) is 0.563. The molecule has 3 rings (SSSR count). The van der Waals surface area contributed by atoms with Gasteiger partial charge in [-0.2, -0.15) is 5.26 Å². The molecule has 0 saturated carbocycles. The van der Waals surface area contributed by atoms with Gasteiger partial charge in [-0.05, 0) is 19.1 Å². The summed E-state index contributed by atoms with van der Waals surface area (Å²) in [5, 5.41) is 20.7. The number of rotatable bonds is 7. The number of carbonyl (C=O) groups is 1. The van der Waals surface area contributed by atoms with Crippen LogP contribution in [0.15, 0.2) is 34.8 Å². The van der Waals surface area contributed by atoms with Crippen molar-refractivity contribution in [2.75, 3.05) is 12.9 Å². The first-order valence-electron chi connectivity index (χ1n) is 8.05. The van der Waals surface area contributed by atoms with Crippen molar-refractivity contribution in [3.05, 3.63) is 40.3 Å². The minimum atomic E-state index is -0.849. The first-order chi connectivity index (χ1) is 13.0. The molecule has 0 aliphatic rings. The highest BCUT2D eigenvalue weighted by Gasteiger charge is 2.24. The Hall–Kier alpha value is -2.70. The number of para-hydroxylation sites is 1. The number of benzene rings is 1. The maximum Gasteiger partial charge on any atom is 0.191 e. The minimum Gasteiger partial charge on any atom is -0.496 e. The number of aromatic nitrogens is 4. The van der Waals surface area contributed by atoms with Gasteiger partial charge in [0.15, 0.2) is 22.7 Å². The maximum absolute atomic E-state index is 12.5. The zero-order valence-corrected chi connectivity index (χ0v) is 16.7. The highest BCUT2D eigenvalue weighted by atomic mass is 32.2. The molecule has 1 aromatic carbocycles. The lowest BCUT2D eigenvalue weighted by Gasteiger charge is -2.08. The number of thioether (sulfide) groups is 1. The van der Waals surface area contributed by atoms with Crippen LogP contribution in [-0.2, 0) is 11.8 Å². The average molecular weight is 400 g/mol. The van der Waals surface area contributed by atoms with E-state index in [2.05, 4.69) is 21.3 Å². The maximum atomic E-state index is 12.5. The van der Waals surface area contributed by atoms with Crippen LogP contribution in [0.2, 0.25) is 0 Å². The Morgan fingerprint density at radius 3 is 2.85 bits per heavy atom. The standard InChI is InChI=1S/C18H17N5O2S2/c1-11-9-26-17(20-11)13(8-19)14(24)10-27-18-22-21-16(23(18)2)12-6-4-5-7-15(12)25-3/h4-7,9,13H,10H2,1-3H3/t13-/m0/s1. The van der Waals surface area contributed by atoms with E-state index in [1.807, 2.05) is 48.2 Å². The van der Waals surface area contributed by atoms with Crippen LogP contribution in [0, 0.1) is 18.3 Å². The molecule has 0 aliphatic carbocycles. The molecule has 27 heavy (non-hydrogen) atoms. The van der Waals surface area contributed by atoms with Crippen molar-refractivity contribution < 1.29 is 9.53 Å². The van der Waals surface area contributed by atoms with Crippen molar-refractivity contribution in [1.82, 2.24) is 19.7 Å². The number of thiazole rings is 1. The normalized spacial score (nSPS) is 11.8. The summed E-state index contributed by atoms with van der Waals surface area (Å²) < 4.78 is 7.19. The van der Waals surface area contributed by atoms with Gasteiger partial charge in [0.2, 0.25) is 0 Å². The van der Waals surface area contributed by atoms with Gasteiger partial charge < -0.3 is 9.30 Å². The molecule has 1 atom stereocenters. The number of nitriles is 1. The number of aryl methyl sites for hydroxylation is 1. The molecule has 138 valence electrons. The van der Waals surface area contributed by atoms with Crippen LogP contribution >= 0.6 is 23.1 Å². The fraction of sp³-hybridized carbons (Fsp3) is 0.278. The summed E-state index contributed by atoms with van der Waals surface area (Å²) in [7, 11) is 3.44. The Morgan fingerprint density at radius 2 is 2.19 bits per heavy atom. The number of hydrogen-bond acceptors (Lipinski definition) is 8. The molecule has 2 aromatic heterocycles. The number of hydrogen-bond donors (Lipinski definition) is 0. The third-order valence-electron chi connectivity index (χ3n) is 3.86. The summed E-state index contributed by atoms with van der Waals surface area (Å²) in [6.45, 7) is 1.84. The Balaban J connectivity index is 1.75. The largest absolute Gasteiger partial charge is 0.496 e. The highest BCUT2D eigenvalue weighted by molar-refractivity contribution is 7.99. The lowest BCUT2D eigenvalue weighted by atomic mass is 10.1. The van der Waals surface area contributed by atoms with E-state index in [9.17, 15) is 10.1 Å². The average Bonchev–Trinajstić information content (AvgIpc) is 3.26. The fourth-order valence-electron chi connectivity index (χ4n) is 2.49. The second kappa shape index (κ2) is 8.33. The van der Waals surface area contributed by atoms with E-state index >= 15 is 0 Å². The summed E-state index contributed by atoms with van der Waals surface area (Å²) in [6, 6.07) is 9.59. The second-order valence-corrected chi connectivity index (χ2v) is 7.54. The first-order valence-corrected chi connectivity index (χ1v) is 9.91. The van der Waals surface area contributed by atoms with Gasteiger partial charge in [0.1, 0.15) is 10.8 Å². The van der Waals surface area contributed by atoms with Gasteiger partial charge in [-0.1, -0.05) is 23.9 Å². The molecular formula is C18H17N5O2S2. The third kappa shape index (κ3) is 4.02. The zero-order valence-electron chi connectivity index (χ0n) is 15.0. The van der Waals surface area contributed by atoms with E-state index in [0.717, 1.165) is 11.3 Å². The van der Waals surface area contributed by atoms with Gasteiger partial charge in [-0.25, -0.2) is 4.98 Å². The van der Waals surface area contributed by atoms with Gasteiger partial charge in [-0.15, -0.1) is 21.5 Å². The zero-order chi connectivity index (χ0) is 19.4. The van der Waals surface area contributed by atoms with Crippen LogP contribution in [-0.4, -0.2) is 38.4 Å². The molecule has 3 aromatic rings. The molecule has 0 spiro atoms. The van der Waals surface area contributed by atoms with E-state index in [4.69, 9.17) is 4.74 Å². The van der Waals surface area contributed by atoms with Gasteiger partial charge >= 0.3 is 0 Å². The lowest BCUT2D eigenvalue weighted by Crippen LogP contribution is -2.13. The van der Waals surface area contributed by atoms with Crippen molar-refractivity contribution in [1.29, 1.82) is 5.26 Å². The summed E-state index contributed by atoms with van der Waals surface area (Å²) in [5.74, 6) is 0.422. The molecule has 9 heteroatoms. The monoisotopic (exact) mass is 399 g/mol. The predicted molar refractivity (Wildman–Crippen MR) is 104 cm³/mol. The Morgan fingerprint density at radius 1 is 1.41 bits per heavy atom. The van der Waals surface area contributed by atoms with Crippen LogP contribution in [0.3, 0.4) is 0 Å². The number of methoxy groups -OCH3 is 1. The van der Waals surface area contributed by atoms with Crippen molar-refractivity contribution >= 4 is 28.9 Å². The molecule has 0 fully saturated rings. The highest BCUT2D eigenvalue weighted by Crippen LogP contribution is 2.30. The molecule has 0 saturated heterocycles. The van der Waals surface area contributed by atoms with E-state index in [1.165, 1.54) is 23.1 Å². The van der Waals surface area contributed by atoms with Crippen LogP contribution in [0.4, 0.5) is 0 Å². The fourth-order valence-corrected chi connectivity index (χ4v) is 4.17. The van der Waals surface area contributed by atoms with Crippen molar-refractivity contribution in [3.63, 3.8) is 0 Å². The molecular weight excluding hydrogens is 382 g/mol. The molecule has 0 aliphatic heterocycles. The molecule has 0 radical (unpaired) electrons. The van der Waals surface area contributed by atoms with Gasteiger partial charge in [0.05, 0.1) is 24.5 Å². The smallest absolute Gasteiger partial charge is 0.191 e. The Kier molecular flexibility index (Phi) is 5.88. The number of nitrogens with zero attached hydrogens (tertiary/aromatic N) is 5. The number of Topliss-reactive ketones (excluding diaryl/α,β-unsaturated/α-hetero) is 1. The van der Waals surface area contributed by atoms with E-state index < -0.39 is 5.92 Å². The van der Waals surface area contributed by atoms with Crippen LogP contribution < -0.4 is 4.74 Å². The van der Waals surface area contributed by atoms with Crippen LogP contribution in [0.1, 0.15) is 16.6 Å². The van der Waals surface area contributed by atoms with Gasteiger partial charge in [0, 0.05) is 18.1 Å². The van der Waals surface area contributed by atoms with Crippen LogP contribution in [0.25, 0.3) is 11.4 Å². The van der Waals surface area contributed by atoms with E-state index in [0.29, 0.717) is 21.7 Å². The Bertz CT molecular complexity index is 1010. The molecule has 0 amide bonds. The van der Waals surface area contributed by atoms with Crippen molar-refractivity contribution in [2.24, 2.45) is 7.05 Å². The predicted octanol–water partition coefficient (Wildman–Crippen LogP) is 3.22. The molecule has 7 nitrogen and oxygen atoms in total. The molecule has 0 unspecified atom stereocenters. The lowest BCUT2D eigenvalue weighted by molar-refractivity contribution is -0.116. The summed E-state index contributed by atoms with van der Waals surface area (Å²) in [5.41, 5.74) is 1.63. The molecule has 2 heterocycles. The molecule has 0 bridgehead atoms. The van der Waals surface area contributed by atoms with Crippen molar-refractivity contribution in [3.8, 4) is 23.2 Å². The topological polar surface area (TPSA) is 93.7 Å². The molecule has 0 N–H and O–H groups in total. The van der Waals surface area contributed by atoms with Gasteiger partial charge in [-0.3, -0.25) is 4.79 Å². The second-order valence-electron chi connectivity index (χ2n) is 5.71. The SMILES string of the molecule is COc1ccccc1-c1nnc(SCC(=O)[C@H](C#N)c2nc(C)cs2)n1C. The van der Waals surface area contributed by atoms with E-state index in [1.54, 1.807) is 7.11 Å². The first kappa shape index (κ1) is 19.1. The Labute approximate surface area is 165 Å². The van der Waals surface area contributed by atoms with E-state index in [-0.39, 0.29) is 11.5 Å².